The normalized spacial score (nSPS) is 10.1. The first kappa shape index (κ1) is 13.3. The molecule has 2 aromatic rings. The van der Waals surface area contributed by atoms with Crippen molar-refractivity contribution in [2.45, 2.75) is 0 Å². The summed E-state index contributed by atoms with van der Waals surface area (Å²) in [6.45, 7) is 0. The monoisotopic (exact) mass is 280 g/mol. The molecule has 0 aliphatic rings. The first-order chi connectivity index (χ1) is 9.54. The fraction of sp³-hybridized carbons (Fsp3) is 0.100. The highest BCUT2D eigenvalue weighted by Gasteiger charge is 2.34. The molecule has 1 aromatic heterocycles. The van der Waals surface area contributed by atoms with Gasteiger partial charge in [0, 0.05) is 0 Å². The minimum absolute atomic E-state index is 0.0996. The molecule has 0 saturated carbocycles. The third-order valence-corrected chi connectivity index (χ3v) is 2.32. The largest absolute Gasteiger partial charge is 0.493 e. The van der Waals surface area contributed by atoms with Crippen molar-refractivity contribution < 1.29 is 19.3 Å². The summed E-state index contributed by atoms with van der Waals surface area (Å²) in [5.74, 6) is -1.69. The topological polar surface area (TPSA) is 133 Å². The summed E-state index contributed by atoms with van der Waals surface area (Å²) in [5.41, 5.74) is 0. The number of para-hydroxylation sites is 2. The fourth-order valence-corrected chi connectivity index (χ4v) is 1.47. The van der Waals surface area contributed by atoms with E-state index in [0.717, 1.165) is 0 Å². The van der Waals surface area contributed by atoms with Crippen LogP contribution in [0.3, 0.4) is 0 Å². The molecule has 0 fully saturated rings. The Hall–Kier alpha value is -3.17. The minimum atomic E-state index is -0.881. The predicted octanol–water partition coefficient (Wildman–Crippen LogP) is 2.03. The average Bonchev–Trinajstić information content (AvgIpc) is 2.83. The lowest BCUT2D eigenvalue weighted by atomic mass is 10.3. The zero-order chi connectivity index (χ0) is 14.7. The van der Waals surface area contributed by atoms with Gasteiger partial charge in [-0.05, 0) is 27.1 Å². The van der Waals surface area contributed by atoms with Crippen molar-refractivity contribution in [3.05, 3.63) is 44.5 Å². The highest BCUT2D eigenvalue weighted by molar-refractivity contribution is 5.55. The number of nitro groups is 2. The van der Waals surface area contributed by atoms with Gasteiger partial charge in [0.05, 0.1) is 7.11 Å². The van der Waals surface area contributed by atoms with E-state index in [0.29, 0.717) is 0 Å². The molecule has 0 bridgehead atoms. The quantitative estimate of drug-likeness (QED) is 0.653. The zero-order valence-electron chi connectivity index (χ0n) is 10.1. The Bertz CT molecular complexity index is 636. The van der Waals surface area contributed by atoms with Gasteiger partial charge in [0.25, 0.3) is 0 Å². The Morgan fingerprint density at radius 1 is 1.15 bits per heavy atom. The molecule has 20 heavy (non-hydrogen) atoms. The number of hydrogen-bond donors (Lipinski definition) is 1. The fourth-order valence-electron chi connectivity index (χ4n) is 1.47. The Kier molecular flexibility index (Phi) is 3.46. The van der Waals surface area contributed by atoms with Crippen LogP contribution in [0.5, 0.6) is 17.2 Å². The number of rotatable bonds is 5. The van der Waals surface area contributed by atoms with E-state index >= 15 is 0 Å². The lowest BCUT2D eigenvalue weighted by molar-refractivity contribution is -0.395. The maximum Gasteiger partial charge on any atom is 0.463 e. The van der Waals surface area contributed by atoms with Gasteiger partial charge < -0.3 is 29.7 Å². The number of benzene rings is 1. The Morgan fingerprint density at radius 3 is 2.35 bits per heavy atom. The first-order valence-corrected chi connectivity index (χ1v) is 5.22. The number of hydrogen-bond acceptors (Lipinski definition) is 7. The standard InChI is InChI=1S/C10H8N4O6/c1-19-6-4-2-3-5-7(6)20-8-9(13(15)16)11-12-10(8)14(17)18/h2-5H,1H3,(H,11,12). The van der Waals surface area contributed by atoms with Crippen molar-refractivity contribution >= 4 is 11.6 Å². The number of aromatic amines is 1. The average molecular weight is 280 g/mol. The molecule has 0 aliphatic carbocycles. The van der Waals surface area contributed by atoms with E-state index < -0.39 is 27.2 Å². The molecular weight excluding hydrogens is 272 g/mol. The van der Waals surface area contributed by atoms with E-state index in [2.05, 4.69) is 5.10 Å². The number of aromatic nitrogens is 2. The summed E-state index contributed by atoms with van der Waals surface area (Å²) in [5, 5.41) is 26.8. The second kappa shape index (κ2) is 5.22. The number of ether oxygens (including phenoxy) is 2. The predicted molar refractivity (Wildman–Crippen MR) is 65.0 cm³/mol. The maximum absolute atomic E-state index is 10.8. The van der Waals surface area contributed by atoms with Crippen molar-refractivity contribution in [3.63, 3.8) is 0 Å². The van der Waals surface area contributed by atoms with Gasteiger partial charge in [-0.1, -0.05) is 12.1 Å². The van der Waals surface area contributed by atoms with Crippen LogP contribution in [0.25, 0.3) is 0 Å². The summed E-state index contributed by atoms with van der Waals surface area (Å²) < 4.78 is 10.2. The van der Waals surface area contributed by atoms with Gasteiger partial charge >= 0.3 is 17.4 Å². The lowest BCUT2D eigenvalue weighted by Gasteiger charge is -2.07. The SMILES string of the molecule is COc1ccccc1Oc1c([N+](=O)[O-])n[nH]c1[N+](=O)[O-]. The van der Waals surface area contributed by atoms with Crippen molar-refractivity contribution in [2.75, 3.05) is 7.11 Å². The van der Waals surface area contributed by atoms with Crippen molar-refractivity contribution in [1.29, 1.82) is 0 Å². The molecule has 2 rings (SSSR count). The Morgan fingerprint density at radius 2 is 1.80 bits per heavy atom. The van der Waals surface area contributed by atoms with Crippen LogP contribution in [-0.4, -0.2) is 27.2 Å². The van der Waals surface area contributed by atoms with Gasteiger partial charge in [-0.25, -0.2) is 0 Å². The second-order valence-electron chi connectivity index (χ2n) is 3.49. The molecule has 0 spiro atoms. The van der Waals surface area contributed by atoms with Crippen LogP contribution in [0, 0.1) is 20.2 Å². The Labute approximate surface area is 111 Å². The molecule has 0 aliphatic heterocycles. The smallest absolute Gasteiger partial charge is 0.463 e. The van der Waals surface area contributed by atoms with Gasteiger partial charge in [-0.2, -0.15) is 0 Å². The first-order valence-electron chi connectivity index (χ1n) is 5.22. The van der Waals surface area contributed by atoms with Crippen LogP contribution in [-0.2, 0) is 0 Å². The summed E-state index contributed by atoms with van der Waals surface area (Å²) in [6, 6.07) is 6.26. The lowest BCUT2D eigenvalue weighted by Crippen LogP contribution is -1.96. The highest BCUT2D eigenvalue weighted by atomic mass is 16.6. The van der Waals surface area contributed by atoms with Crippen LogP contribution in [0.1, 0.15) is 0 Å². The maximum atomic E-state index is 10.8. The van der Waals surface area contributed by atoms with Crippen molar-refractivity contribution in [3.8, 4) is 17.2 Å². The molecule has 10 nitrogen and oxygen atoms in total. The number of nitrogens with one attached hydrogen (secondary N) is 1. The summed E-state index contributed by atoms with van der Waals surface area (Å²) >= 11 is 0. The molecule has 1 heterocycles. The molecule has 0 atom stereocenters. The van der Waals surface area contributed by atoms with E-state index in [1.54, 1.807) is 18.2 Å². The number of nitrogens with zero attached hydrogens (tertiary/aromatic N) is 3. The van der Waals surface area contributed by atoms with Crippen LogP contribution < -0.4 is 9.47 Å². The molecular formula is C10H8N4O6. The number of methoxy groups -OCH3 is 1. The minimum Gasteiger partial charge on any atom is -0.493 e. The van der Waals surface area contributed by atoms with Gasteiger partial charge in [-0.3, -0.25) is 0 Å². The van der Waals surface area contributed by atoms with E-state index in [1.807, 2.05) is 5.10 Å². The van der Waals surface area contributed by atoms with E-state index in [-0.39, 0.29) is 11.5 Å². The molecule has 1 N–H and O–H groups in total. The molecule has 0 amide bonds. The molecule has 0 radical (unpaired) electrons. The molecule has 1 aromatic carbocycles. The van der Waals surface area contributed by atoms with E-state index in [1.165, 1.54) is 13.2 Å². The van der Waals surface area contributed by atoms with Crippen LogP contribution in [0.15, 0.2) is 24.3 Å². The van der Waals surface area contributed by atoms with Crippen LogP contribution in [0.2, 0.25) is 0 Å². The zero-order valence-corrected chi connectivity index (χ0v) is 10.1. The molecule has 10 heteroatoms. The van der Waals surface area contributed by atoms with Crippen molar-refractivity contribution in [1.82, 2.24) is 10.2 Å². The van der Waals surface area contributed by atoms with E-state index in [9.17, 15) is 20.2 Å². The molecule has 0 unspecified atom stereocenters. The third-order valence-electron chi connectivity index (χ3n) is 2.32. The third kappa shape index (κ3) is 2.34. The van der Waals surface area contributed by atoms with Gasteiger partial charge in [0.2, 0.25) is 0 Å². The van der Waals surface area contributed by atoms with Gasteiger partial charge in [0.15, 0.2) is 16.6 Å². The summed E-state index contributed by atoms with van der Waals surface area (Å²) in [4.78, 5) is 19.9. The second-order valence-corrected chi connectivity index (χ2v) is 3.49. The van der Waals surface area contributed by atoms with Gasteiger partial charge in [-0.15, -0.1) is 0 Å². The van der Waals surface area contributed by atoms with E-state index in [4.69, 9.17) is 9.47 Å². The Balaban J connectivity index is 2.49. The summed E-state index contributed by atoms with van der Waals surface area (Å²) in [7, 11) is 1.38. The highest BCUT2D eigenvalue weighted by Crippen LogP contribution is 2.40. The van der Waals surface area contributed by atoms with Crippen molar-refractivity contribution in [2.24, 2.45) is 0 Å². The summed E-state index contributed by atoms with van der Waals surface area (Å²) in [6.07, 6.45) is 0. The molecule has 104 valence electrons. The van der Waals surface area contributed by atoms with Crippen LogP contribution in [0.4, 0.5) is 11.6 Å². The number of H-pyrrole nitrogens is 1. The molecule has 0 saturated heterocycles. The van der Waals surface area contributed by atoms with Gasteiger partial charge in [0.1, 0.15) is 0 Å². The van der Waals surface area contributed by atoms with Crippen LogP contribution >= 0.6 is 0 Å².